The second-order valence-corrected chi connectivity index (χ2v) is 9.87. The van der Waals surface area contributed by atoms with E-state index in [0.717, 1.165) is 11.1 Å². The molecule has 0 spiro atoms. The van der Waals surface area contributed by atoms with E-state index < -0.39 is 35.7 Å². The van der Waals surface area contributed by atoms with Crippen LogP contribution in [0.2, 0.25) is 0 Å². The van der Waals surface area contributed by atoms with Gasteiger partial charge < -0.3 is 25.4 Å². The molecule has 2 aromatic carbocycles. The molecule has 2 aromatic rings. The van der Waals surface area contributed by atoms with Crippen molar-refractivity contribution >= 4 is 23.9 Å². The first-order chi connectivity index (χ1) is 18.6. The molecule has 2 rings (SSSR count). The van der Waals surface area contributed by atoms with Crippen molar-refractivity contribution in [2.75, 3.05) is 13.2 Å². The van der Waals surface area contributed by atoms with E-state index >= 15 is 0 Å². The summed E-state index contributed by atoms with van der Waals surface area (Å²) >= 11 is 0. The van der Waals surface area contributed by atoms with Gasteiger partial charge in [-0.05, 0) is 51.3 Å². The third-order valence-corrected chi connectivity index (χ3v) is 5.34. The van der Waals surface area contributed by atoms with Gasteiger partial charge in [-0.15, -0.1) is 0 Å². The summed E-state index contributed by atoms with van der Waals surface area (Å²) in [7, 11) is 0. The second-order valence-electron chi connectivity index (χ2n) is 9.87. The first kappa shape index (κ1) is 31.1. The van der Waals surface area contributed by atoms with E-state index in [-0.39, 0.29) is 19.1 Å². The van der Waals surface area contributed by atoms with Crippen molar-refractivity contribution in [3.05, 3.63) is 83.9 Å². The Balaban J connectivity index is 1.89. The van der Waals surface area contributed by atoms with Crippen molar-refractivity contribution in [2.45, 2.75) is 64.6 Å². The van der Waals surface area contributed by atoms with E-state index in [4.69, 9.17) is 9.47 Å². The standard InChI is InChI=1S/C30H39N3O6/c1-5-38-28(36)25(21-23-16-10-7-11-17-23)32-26(34)18-12-13-19-31-27(35)24(20-22-14-8-6-9-15-22)33-29(37)39-30(2,3)4/h6-12,14-18,24-25H,5,13,19-21H2,1-4H3,(H,31,35)(H,32,34)(H,33,37)/b18-12+/t24-,25-/m0/s1. The smallest absolute Gasteiger partial charge is 0.408 e. The molecule has 0 unspecified atom stereocenters. The molecule has 0 bridgehead atoms. The minimum absolute atomic E-state index is 0.212. The lowest BCUT2D eigenvalue weighted by Gasteiger charge is -2.23. The fourth-order valence-electron chi connectivity index (χ4n) is 3.61. The highest BCUT2D eigenvalue weighted by Gasteiger charge is 2.25. The summed E-state index contributed by atoms with van der Waals surface area (Å²) in [5.74, 6) is -1.31. The largest absolute Gasteiger partial charge is 0.464 e. The molecule has 39 heavy (non-hydrogen) atoms. The van der Waals surface area contributed by atoms with Crippen LogP contribution in [0.25, 0.3) is 0 Å². The lowest BCUT2D eigenvalue weighted by molar-refractivity contribution is -0.147. The van der Waals surface area contributed by atoms with E-state index in [1.165, 1.54) is 6.08 Å². The van der Waals surface area contributed by atoms with Gasteiger partial charge in [-0.2, -0.15) is 0 Å². The zero-order valence-corrected chi connectivity index (χ0v) is 23.1. The molecule has 0 fully saturated rings. The fraction of sp³-hybridized carbons (Fsp3) is 0.400. The highest BCUT2D eigenvalue weighted by molar-refractivity contribution is 5.91. The number of carbonyl (C=O) groups is 4. The van der Waals surface area contributed by atoms with Crippen molar-refractivity contribution in [1.82, 2.24) is 16.0 Å². The lowest BCUT2D eigenvalue weighted by Crippen LogP contribution is -2.49. The number of rotatable bonds is 13. The molecule has 2 atom stereocenters. The van der Waals surface area contributed by atoms with Crippen LogP contribution in [0.1, 0.15) is 45.2 Å². The van der Waals surface area contributed by atoms with E-state index in [2.05, 4.69) is 16.0 Å². The average Bonchev–Trinajstić information content (AvgIpc) is 2.88. The maximum absolute atomic E-state index is 12.9. The molecule has 3 amide bonds. The Morgan fingerprint density at radius 3 is 1.95 bits per heavy atom. The second kappa shape index (κ2) is 16.0. The summed E-state index contributed by atoms with van der Waals surface area (Å²) in [4.78, 5) is 49.9. The van der Waals surface area contributed by atoms with Gasteiger partial charge in [-0.1, -0.05) is 66.7 Å². The van der Waals surface area contributed by atoms with Crippen molar-refractivity contribution in [2.24, 2.45) is 0 Å². The van der Waals surface area contributed by atoms with E-state index in [1.54, 1.807) is 33.8 Å². The SMILES string of the molecule is CCOC(=O)[C@H](Cc1ccccc1)NC(=O)/C=C/CCNC(=O)[C@H](Cc1ccccc1)NC(=O)OC(C)(C)C. The quantitative estimate of drug-likeness (QED) is 0.204. The topological polar surface area (TPSA) is 123 Å². The number of nitrogens with one attached hydrogen (secondary N) is 3. The van der Waals surface area contributed by atoms with E-state index in [9.17, 15) is 19.2 Å². The first-order valence-corrected chi connectivity index (χ1v) is 13.1. The highest BCUT2D eigenvalue weighted by Crippen LogP contribution is 2.09. The monoisotopic (exact) mass is 537 g/mol. The Kier molecular flexibility index (Phi) is 12.7. The number of hydrogen-bond acceptors (Lipinski definition) is 6. The van der Waals surface area contributed by atoms with Crippen molar-refractivity contribution in [1.29, 1.82) is 0 Å². The van der Waals surface area contributed by atoms with Crippen LogP contribution in [-0.2, 0) is 36.7 Å². The van der Waals surface area contributed by atoms with Crippen molar-refractivity contribution in [3.8, 4) is 0 Å². The summed E-state index contributed by atoms with van der Waals surface area (Å²) in [6.45, 7) is 7.41. The van der Waals surface area contributed by atoms with Crippen LogP contribution in [0.4, 0.5) is 4.79 Å². The molecule has 3 N–H and O–H groups in total. The summed E-state index contributed by atoms with van der Waals surface area (Å²) in [5.41, 5.74) is 1.08. The highest BCUT2D eigenvalue weighted by atomic mass is 16.6. The number of amides is 3. The van der Waals surface area contributed by atoms with Gasteiger partial charge in [-0.25, -0.2) is 9.59 Å². The number of esters is 1. The van der Waals surface area contributed by atoms with Gasteiger partial charge in [0.1, 0.15) is 17.7 Å². The minimum Gasteiger partial charge on any atom is -0.464 e. The average molecular weight is 538 g/mol. The molecule has 0 heterocycles. The van der Waals surface area contributed by atoms with Crippen LogP contribution in [-0.4, -0.2) is 54.7 Å². The molecule has 0 radical (unpaired) electrons. The fourth-order valence-corrected chi connectivity index (χ4v) is 3.61. The number of ether oxygens (including phenoxy) is 2. The van der Waals surface area contributed by atoms with Crippen LogP contribution >= 0.6 is 0 Å². The third kappa shape index (κ3) is 12.8. The van der Waals surface area contributed by atoms with E-state index in [1.807, 2.05) is 60.7 Å². The Morgan fingerprint density at radius 1 is 0.846 bits per heavy atom. The molecule has 0 saturated carbocycles. The molecule has 210 valence electrons. The van der Waals surface area contributed by atoms with Gasteiger partial charge in [0, 0.05) is 19.4 Å². The van der Waals surface area contributed by atoms with Crippen LogP contribution in [0.15, 0.2) is 72.8 Å². The number of benzene rings is 2. The molecule has 0 aliphatic carbocycles. The maximum atomic E-state index is 12.9. The van der Waals surface area contributed by atoms with Gasteiger partial charge in [0.25, 0.3) is 0 Å². The number of hydrogen-bond donors (Lipinski definition) is 3. The number of alkyl carbamates (subject to hydrolysis) is 1. The zero-order chi connectivity index (χ0) is 28.7. The molecule has 9 heteroatoms. The van der Waals surface area contributed by atoms with Crippen LogP contribution in [0.5, 0.6) is 0 Å². The van der Waals surface area contributed by atoms with Crippen molar-refractivity contribution < 1.29 is 28.7 Å². The molecule has 9 nitrogen and oxygen atoms in total. The maximum Gasteiger partial charge on any atom is 0.408 e. The normalized spacial score (nSPS) is 12.7. The third-order valence-electron chi connectivity index (χ3n) is 5.34. The van der Waals surface area contributed by atoms with Crippen LogP contribution in [0.3, 0.4) is 0 Å². The lowest BCUT2D eigenvalue weighted by atomic mass is 10.1. The van der Waals surface area contributed by atoms with Gasteiger partial charge in [0.15, 0.2) is 0 Å². The molecule has 0 aliphatic heterocycles. The molecule has 0 saturated heterocycles. The molecular formula is C30H39N3O6. The predicted molar refractivity (Wildman–Crippen MR) is 149 cm³/mol. The minimum atomic E-state index is -0.835. The molecule has 0 aliphatic rings. The van der Waals surface area contributed by atoms with Crippen molar-refractivity contribution in [3.63, 3.8) is 0 Å². The number of carbonyl (C=O) groups excluding carboxylic acids is 4. The predicted octanol–water partition coefficient (Wildman–Crippen LogP) is 3.48. The molecule has 0 aromatic heterocycles. The summed E-state index contributed by atoms with van der Waals surface area (Å²) in [5, 5.41) is 8.12. The zero-order valence-electron chi connectivity index (χ0n) is 23.1. The first-order valence-electron chi connectivity index (χ1n) is 13.1. The van der Waals surface area contributed by atoms with Gasteiger partial charge >= 0.3 is 12.1 Å². The van der Waals surface area contributed by atoms with E-state index in [0.29, 0.717) is 19.3 Å². The van der Waals surface area contributed by atoms with Crippen LogP contribution < -0.4 is 16.0 Å². The molecular weight excluding hydrogens is 498 g/mol. The van der Waals surface area contributed by atoms with Gasteiger partial charge in [0.05, 0.1) is 6.61 Å². The Morgan fingerprint density at radius 2 is 1.41 bits per heavy atom. The van der Waals surface area contributed by atoms with Gasteiger partial charge in [-0.3, -0.25) is 9.59 Å². The summed E-state index contributed by atoms with van der Waals surface area (Å²) in [6.07, 6.45) is 3.22. The Hall–Kier alpha value is -4.14. The van der Waals surface area contributed by atoms with Crippen LogP contribution in [0, 0.1) is 0 Å². The van der Waals surface area contributed by atoms with Gasteiger partial charge in [0.2, 0.25) is 11.8 Å². The summed E-state index contributed by atoms with van der Waals surface area (Å²) in [6, 6.07) is 17.0. The summed E-state index contributed by atoms with van der Waals surface area (Å²) < 4.78 is 10.4. The Labute approximate surface area is 230 Å². The Bertz CT molecular complexity index is 1100.